The largest absolute Gasteiger partial charge is 0.367 e. The maximum atomic E-state index is 13.2. The Balaban J connectivity index is 1.66. The van der Waals surface area contributed by atoms with Crippen molar-refractivity contribution in [1.29, 1.82) is 0 Å². The van der Waals surface area contributed by atoms with Gasteiger partial charge in [0.15, 0.2) is 0 Å². The van der Waals surface area contributed by atoms with Crippen LogP contribution in [0.25, 0.3) is 0 Å². The number of aromatic nitrogens is 2. The van der Waals surface area contributed by atoms with Gasteiger partial charge in [0.1, 0.15) is 11.9 Å². The maximum Gasteiger partial charge on any atom is 0.223 e. The van der Waals surface area contributed by atoms with Crippen LogP contribution in [-0.4, -0.2) is 34.7 Å². The number of aryl methyl sites for hydroxylation is 1. The molecule has 106 valence electrons. The van der Waals surface area contributed by atoms with Gasteiger partial charge in [0.05, 0.1) is 6.61 Å². The Bertz CT molecular complexity index is 587. The van der Waals surface area contributed by atoms with Gasteiger partial charge in [0, 0.05) is 26.6 Å². The highest BCUT2D eigenvalue weighted by molar-refractivity contribution is 5.16. The van der Waals surface area contributed by atoms with Gasteiger partial charge in [0.25, 0.3) is 0 Å². The van der Waals surface area contributed by atoms with Crippen LogP contribution in [0.1, 0.15) is 23.4 Å². The van der Waals surface area contributed by atoms with E-state index in [9.17, 15) is 4.39 Å². The van der Waals surface area contributed by atoms with Gasteiger partial charge in [-0.3, -0.25) is 4.90 Å². The molecule has 1 fully saturated rings. The van der Waals surface area contributed by atoms with Gasteiger partial charge in [-0.2, -0.15) is 4.98 Å². The molecule has 0 bridgehead atoms. The second-order valence-corrected chi connectivity index (χ2v) is 4.90. The maximum absolute atomic E-state index is 13.2. The van der Waals surface area contributed by atoms with Crippen molar-refractivity contribution in [1.82, 2.24) is 15.0 Å². The molecule has 0 radical (unpaired) electrons. The van der Waals surface area contributed by atoms with Crippen molar-refractivity contribution < 1.29 is 13.7 Å². The number of ether oxygens (including phenoxy) is 1. The lowest BCUT2D eigenvalue weighted by molar-refractivity contribution is -0.0380. The molecule has 2 aromatic rings. The van der Waals surface area contributed by atoms with Crippen LogP contribution in [0.2, 0.25) is 0 Å². The summed E-state index contributed by atoms with van der Waals surface area (Å²) in [6, 6.07) is 6.66. The van der Waals surface area contributed by atoms with Gasteiger partial charge in [-0.05, 0) is 17.7 Å². The average molecular weight is 277 g/mol. The Labute approximate surface area is 116 Å². The van der Waals surface area contributed by atoms with Gasteiger partial charge < -0.3 is 9.26 Å². The first-order valence-electron chi connectivity index (χ1n) is 6.59. The first-order chi connectivity index (χ1) is 9.70. The molecule has 0 saturated carbocycles. The molecule has 1 saturated heterocycles. The fraction of sp³-hybridized carbons (Fsp3) is 0.429. The molecular formula is C14H16FN3O2. The van der Waals surface area contributed by atoms with E-state index in [1.165, 1.54) is 6.07 Å². The highest BCUT2D eigenvalue weighted by atomic mass is 19.1. The van der Waals surface area contributed by atoms with Crippen molar-refractivity contribution in [3.63, 3.8) is 0 Å². The summed E-state index contributed by atoms with van der Waals surface area (Å²) >= 11 is 0. The summed E-state index contributed by atoms with van der Waals surface area (Å²) < 4.78 is 23.8. The molecule has 2 heterocycles. The molecule has 1 aliphatic heterocycles. The standard InChI is InChI=1S/C14H16FN3O2/c1-10-16-14(17-20-10)13-9-18(5-6-19-13)8-11-3-2-4-12(15)7-11/h2-4,7,13H,5-6,8-9H2,1H3/t13-/m1/s1. The van der Waals surface area contributed by atoms with E-state index < -0.39 is 0 Å². The highest BCUT2D eigenvalue weighted by Crippen LogP contribution is 2.21. The third-order valence-electron chi connectivity index (χ3n) is 3.28. The van der Waals surface area contributed by atoms with Gasteiger partial charge in [0.2, 0.25) is 11.7 Å². The lowest BCUT2D eigenvalue weighted by Crippen LogP contribution is -2.38. The van der Waals surface area contributed by atoms with Gasteiger partial charge in [-0.1, -0.05) is 17.3 Å². The van der Waals surface area contributed by atoms with E-state index in [0.29, 0.717) is 31.4 Å². The first kappa shape index (κ1) is 13.2. The van der Waals surface area contributed by atoms with Crippen LogP contribution in [0.5, 0.6) is 0 Å². The molecule has 0 N–H and O–H groups in total. The molecule has 1 atom stereocenters. The zero-order chi connectivity index (χ0) is 13.9. The van der Waals surface area contributed by atoms with Gasteiger partial charge >= 0.3 is 0 Å². The summed E-state index contributed by atoms with van der Waals surface area (Å²) in [4.78, 5) is 6.40. The number of nitrogens with zero attached hydrogens (tertiary/aromatic N) is 3. The van der Waals surface area contributed by atoms with E-state index in [4.69, 9.17) is 9.26 Å². The quantitative estimate of drug-likeness (QED) is 0.860. The van der Waals surface area contributed by atoms with Crippen LogP contribution in [0, 0.1) is 12.7 Å². The van der Waals surface area contributed by atoms with Crippen LogP contribution in [-0.2, 0) is 11.3 Å². The fourth-order valence-corrected chi connectivity index (χ4v) is 2.34. The van der Waals surface area contributed by atoms with E-state index >= 15 is 0 Å². The van der Waals surface area contributed by atoms with E-state index in [-0.39, 0.29) is 11.9 Å². The molecule has 0 unspecified atom stereocenters. The summed E-state index contributed by atoms with van der Waals surface area (Å²) in [5, 5.41) is 3.90. The monoisotopic (exact) mass is 277 g/mol. The normalized spacial score (nSPS) is 20.2. The highest BCUT2D eigenvalue weighted by Gasteiger charge is 2.25. The summed E-state index contributed by atoms with van der Waals surface area (Å²) in [6.45, 7) is 4.53. The van der Waals surface area contributed by atoms with Crippen LogP contribution in [0.4, 0.5) is 4.39 Å². The van der Waals surface area contributed by atoms with Crippen molar-refractivity contribution in [2.45, 2.75) is 19.6 Å². The van der Waals surface area contributed by atoms with E-state index in [2.05, 4.69) is 15.0 Å². The molecule has 5 nitrogen and oxygen atoms in total. The number of benzene rings is 1. The number of hydrogen-bond donors (Lipinski definition) is 0. The lowest BCUT2D eigenvalue weighted by atomic mass is 10.2. The molecule has 1 aliphatic rings. The fourth-order valence-electron chi connectivity index (χ4n) is 2.34. The van der Waals surface area contributed by atoms with Crippen LogP contribution < -0.4 is 0 Å². The third kappa shape index (κ3) is 3.02. The van der Waals surface area contributed by atoms with Crippen molar-refractivity contribution in [2.75, 3.05) is 19.7 Å². The van der Waals surface area contributed by atoms with Crippen molar-refractivity contribution in [2.24, 2.45) is 0 Å². The Kier molecular flexibility index (Phi) is 3.75. The summed E-state index contributed by atoms with van der Waals surface area (Å²) in [5.41, 5.74) is 0.954. The predicted octanol–water partition coefficient (Wildman–Crippen LogP) is 2.09. The number of halogens is 1. The SMILES string of the molecule is Cc1nc([C@H]2CN(Cc3cccc(F)c3)CCO2)no1. The average Bonchev–Trinajstić information content (AvgIpc) is 2.86. The summed E-state index contributed by atoms with van der Waals surface area (Å²) in [6.07, 6.45) is -0.185. The van der Waals surface area contributed by atoms with Crippen LogP contribution >= 0.6 is 0 Å². The molecule has 0 aliphatic carbocycles. The molecule has 1 aromatic carbocycles. The summed E-state index contributed by atoms with van der Waals surface area (Å²) in [7, 11) is 0. The number of hydrogen-bond acceptors (Lipinski definition) is 5. The second kappa shape index (κ2) is 5.68. The minimum absolute atomic E-state index is 0.185. The first-order valence-corrected chi connectivity index (χ1v) is 6.59. The Morgan fingerprint density at radius 3 is 3.10 bits per heavy atom. The minimum Gasteiger partial charge on any atom is -0.367 e. The van der Waals surface area contributed by atoms with E-state index in [1.54, 1.807) is 19.1 Å². The molecular weight excluding hydrogens is 261 g/mol. The summed E-state index contributed by atoms with van der Waals surface area (Å²) in [5.74, 6) is 0.901. The Morgan fingerprint density at radius 2 is 2.35 bits per heavy atom. The van der Waals surface area contributed by atoms with Crippen LogP contribution in [0.15, 0.2) is 28.8 Å². The van der Waals surface area contributed by atoms with Crippen LogP contribution in [0.3, 0.4) is 0 Å². The Morgan fingerprint density at radius 1 is 1.45 bits per heavy atom. The van der Waals surface area contributed by atoms with Gasteiger partial charge in [-0.25, -0.2) is 4.39 Å². The lowest BCUT2D eigenvalue weighted by Gasteiger charge is -2.31. The van der Waals surface area contributed by atoms with E-state index in [0.717, 1.165) is 12.1 Å². The third-order valence-corrected chi connectivity index (χ3v) is 3.28. The molecule has 3 rings (SSSR count). The molecule has 20 heavy (non-hydrogen) atoms. The van der Waals surface area contributed by atoms with Gasteiger partial charge in [-0.15, -0.1) is 0 Å². The Hall–Kier alpha value is -1.79. The van der Waals surface area contributed by atoms with Crippen molar-refractivity contribution >= 4 is 0 Å². The number of rotatable bonds is 3. The zero-order valence-corrected chi connectivity index (χ0v) is 11.3. The molecule has 0 spiro atoms. The molecule has 0 amide bonds. The zero-order valence-electron chi connectivity index (χ0n) is 11.3. The minimum atomic E-state index is -0.207. The second-order valence-electron chi connectivity index (χ2n) is 4.90. The number of morpholine rings is 1. The van der Waals surface area contributed by atoms with Crippen molar-refractivity contribution in [3.8, 4) is 0 Å². The van der Waals surface area contributed by atoms with Crippen molar-refractivity contribution in [3.05, 3.63) is 47.4 Å². The predicted molar refractivity (Wildman–Crippen MR) is 69.4 cm³/mol. The molecule has 6 heteroatoms. The topological polar surface area (TPSA) is 51.4 Å². The molecule has 1 aromatic heterocycles. The van der Waals surface area contributed by atoms with E-state index in [1.807, 2.05) is 6.07 Å². The smallest absolute Gasteiger partial charge is 0.223 e.